The van der Waals surface area contributed by atoms with Crippen LogP contribution in [0.2, 0.25) is 5.02 Å². The van der Waals surface area contributed by atoms with Crippen molar-refractivity contribution in [3.05, 3.63) is 40.8 Å². The molecule has 0 atom stereocenters. The minimum atomic E-state index is -4.69. The van der Waals surface area contributed by atoms with Gasteiger partial charge < -0.3 is 10.6 Å². The first-order valence-corrected chi connectivity index (χ1v) is 7.73. The van der Waals surface area contributed by atoms with Crippen LogP contribution < -0.4 is 10.6 Å². The molecular formula is C16H12ClF3N6. The molecule has 3 aromatic rings. The van der Waals surface area contributed by atoms with Crippen molar-refractivity contribution in [2.75, 3.05) is 24.7 Å². The highest BCUT2D eigenvalue weighted by Gasteiger charge is 2.38. The number of imidazole rings is 1. The molecule has 0 amide bonds. The molecule has 0 spiro atoms. The maximum absolute atomic E-state index is 13.8. The predicted octanol–water partition coefficient (Wildman–Crippen LogP) is 4.02. The van der Waals surface area contributed by atoms with Crippen LogP contribution in [0.3, 0.4) is 0 Å². The Balaban J connectivity index is 2.44. The summed E-state index contributed by atoms with van der Waals surface area (Å²) in [5.74, 6) is 0.178. The fourth-order valence-corrected chi connectivity index (χ4v) is 2.90. The Hall–Kier alpha value is -2.99. The normalized spacial score (nSPS) is 11.4. The molecule has 0 saturated heterocycles. The molecule has 2 heterocycles. The van der Waals surface area contributed by atoms with E-state index in [0.29, 0.717) is 5.69 Å². The molecule has 0 fully saturated rings. The number of hydrogen-bond acceptors (Lipinski definition) is 5. The minimum absolute atomic E-state index is 0.0418. The largest absolute Gasteiger partial charge is 0.433 e. The van der Waals surface area contributed by atoms with Crippen LogP contribution in [0.1, 0.15) is 11.3 Å². The first kappa shape index (κ1) is 17.8. The maximum atomic E-state index is 13.8. The lowest BCUT2D eigenvalue weighted by Crippen LogP contribution is -2.16. The molecular weight excluding hydrogens is 369 g/mol. The Morgan fingerprint density at radius 3 is 2.54 bits per heavy atom. The highest BCUT2D eigenvalue weighted by Crippen LogP contribution is 2.40. The standard InChI is InChI=1S/C16H12ClF3N6/c1-22-10-6-8(5-9(7-21)11(10)17)12-13(16(18,19)20)26-4-3-24-15(26)14(23-2)25-12/h3-6,22H,1-2H3,(H,23,25). The van der Waals surface area contributed by atoms with Gasteiger partial charge in [-0.15, -0.1) is 0 Å². The molecule has 2 N–H and O–H groups in total. The van der Waals surface area contributed by atoms with E-state index < -0.39 is 11.9 Å². The zero-order valence-electron chi connectivity index (χ0n) is 13.6. The summed E-state index contributed by atoms with van der Waals surface area (Å²) in [5, 5.41) is 14.9. The zero-order valence-corrected chi connectivity index (χ0v) is 14.4. The second-order valence-corrected chi connectivity index (χ2v) is 5.65. The van der Waals surface area contributed by atoms with Gasteiger partial charge in [0.15, 0.2) is 17.2 Å². The van der Waals surface area contributed by atoms with Crippen molar-refractivity contribution in [2.45, 2.75) is 6.18 Å². The number of fused-ring (bicyclic) bond motifs is 1. The lowest BCUT2D eigenvalue weighted by molar-refractivity contribution is -0.141. The Labute approximate surface area is 151 Å². The van der Waals surface area contributed by atoms with Crippen LogP contribution in [0.25, 0.3) is 16.9 Å². The van der Waals surface area contributed by atoms with Crippen molar-refractivity contribution in [2.24, 2.45) is 0 Å². The summed E-state index contributed by atoms with van der Waals surface area (Å²) in [6, 6.07) is 4.58. The molecule has 0 bridgehead atoms. The van der Waals surface area contributed by atoms with Gasteiger partial charge in [0.1, 0.15) is 11.8 Å². The Morgan fingerprint density at radius 1 is 1.23 bits per heavy atom. The molecule has 0 aliphatic heterocycles. The highest BCUT2D eigenvalue weighted by atomic mass is 35.5. The van der Waals surface area contributed by atoms with Crippen LogP contribution in [0.15, 0.2) is 24.5 Å². The van der Waals surface area contributed by atoms with Crippen LogP contribution in [0.4, 0.5) is 24.7 Å². The number of nitrogens with zero attached hydrogens (tertiary/aromatic N) is 4. The SMILES string of the molecule is CNc1cc(-c2nc(NC)c3nccn3c2C(F)(F)F)cc(C#N)c1Cl. The third kappa shape index (κ3) is 2.78. The Kier molecular flexibility index (Phi) is 4.38. The number of hydrogen-bond donors (Lipinski definition) is 2. The van der Waals surface area contributed by atoms with E-state index in [2.05, 4.69) is 20.6 Å². The van der Waals surface area contributed by atoms with Gasteiger partial charge in [-0.3, -0.25) is 4.40 Å². The molecule has 0 aliphatic rings. The van der Waals surface area contributed by atoms with Gasteiger partial charge >= 0.3 is 6.18 Å². The van der Waals surface area contributed by atoms with Gasteiger partial charge in [-0.05, 0) is 12.1 Å². The number of alkyl halides is 3. The van der Waals surface area contributed by atoms with Gasteiger partial charge in [0.25, 0.3) is 0 Å². The van der Waals surface area contributed by atoms with Gasteiger partial charge in [0.2, 0.25) is 0 Å². The number of nitrogens with one attached hydrogen (secondary N) is 2. The van der Waals surface area contributed by atoms with Crippen molar-refractivity contribution < 1.29 is 13.2 Å². The fourth-order valence-electron chi connectivity index (χ4n) is 2.65. The molecule has 0 radical (unpaired) electrons. The average Bonchev–Trinajstić information content (AvgIpc) is 3.08. The highest BCUT2D eigenvalue weighted by molar-refractivity contribution is 6.34. The summed E-state index contributed by atoms with van der Waals surface area (Å²) in [5.41, 5.74) is -0.802. The van der Waals surface area contributed by atoms with E-state index >= 15 is 0 Å². The number of anilines is 2. The first-order chi connectivity index (χ1) is 12.3. The zero-order chi connectivity index (χ0) is 19.1. The molecule has 1 aromatic carbocycles. The van der Waals surface area contributed by atoms with E-state index in [9.17, 15) is 18.4 Å². The maximum Gasteiger partial charge on any atom is 0.433 e. The van der Waals surface area contributed by atoms with Crippen LogP contribution in [0.5, 0.6) is 0 Å². The number of halogens is 4. The molecule has 0 saturated carbocycles. The molecule has 26 heavy (non-hydrogen) atoms. The number of aromatic nitrogens is 3. The van der Waals surface area contributed by atoms with Crippen LogP contribution >= 0.6 is 11.6 Å². The summed E-state index contributed by atoms with van der Waals surface area (Å²) in [6.45, 7) is 0. The molecule has 0 aliphatic carbocycles. The minimum Gasteiger partial charge on any atom is -0.387 e. The van der Waals surface area contributed by atoms with Crippen LogP contribution in [-0.2, 0) is 6.18 Å². The first-order valence-electron chi connectivity index (χ1n) is 7.35. The Morgan fingerprint density at radius 2 is 1.96 bits per heavy atom. The molecule has 3 rings (SSSR count). The van der Waals surface area contributed by atoms with Crippen molar-refractivity contribution >= 4 is 28.8 Å². The Bertz CT molecular complexity index is 1040. The van der Waals surface area contributed by atoms with E-state index in [1.165, 1.54) is 31.6 Å². The molecule has 10 heteroatoms. The third-order valence-electron chi connectivity index (χ3n) is 3.78. The van der Waals surface area contributed by atoms with Crippen molar-refractivity contribution in [1.29, 1.82) is 5.26 Å². The van der Waals surface area contributed by atoms with E-state index in [0.717, 1.165) is 4.40 Å². The number of rotatable bonds is 3. The predicted molar refractivity (Wildman–Crippen MR) is 92.2 cm³/mol. The molecule has 6 nitrogen and oxygen atoms in total. The van der Waals surface area contributed by atoms with Gasteiger partial charge in [0.05, 0.1) is 16.3 Å². The van der Waals surface area contributed by atoms with E-state index in [-0.39, 0.29) is 33.3 Å². The molecule has 0 unspecified atom stereocenters. The summed E-state index contributed by atoms with van der Waals surface area (Å²) in [4.78, 5) is 8.05. The second kappa shape index (κ2) is 6.38. The number of nitriles is 1. The number of benzene rings is 1. The third-order valence-corrected chi connectivity index (χ3v) is 4.19. The molecule has 2 aromatic heterocycles. The lowest BCUT2D eigenvalue weighted by atomic mass is 10.0. The van der Waals surface area contributed by atoms with E-state index in [4.69, 9.17) is 11.6 Å². The van der Waals surface area contributed by atoms with E-state index in [1.54, 1.807) is 7.05 Å². The van der Waals surface area contributed by atoms with Gasteiger partial charge in [-0.2, -0.15) is 18.4 Å². The summed E-state index contributed by atoms with van der Waals surface area (Å²) in [6.07, 6.45) is -2.22. The van der Waals surface area contributed by atoms with Crippen molar-refractivity contribution in [3.63, 3.8) is 0 Å². The molecule has 134 valence electrons. The second-order valence-electron chi connectivity index (χ2n) is 5.27. The van der Waals surface area contributed by atoms with Gasteiger partial charge in [0, 0.05) is 32.1 Å². The van der Waals surface area contributed by atoms with E-state index in [1.807, 2.05) is 6.07 Å². The van der Waals surface area contributed by atoms with Gasteiger partial charge in [-0.25, -0.2) is 9.97 Å². The lowest BCUT2D eigenvalue weighted by Gasteiger charge is -2.17. The summed E-state index contributed by atoms with van der Waals surface area (Å²) in [7, 11) is 3.10. The summed E-state index contributed by atoms with van der Waals surface area (Å²) >= 11 is 6.08. The van der Waals surface area contributed by atoms with Gasteiger partial charge in [-0.1, -0.05) is 11.6 Å². The van der Waals surface area contributed by atoms with Crippen molar-refractivity contribution in [3.8, 4) is 17.3 Å². The van der Waals surface area contributed by atoms with Crippen LogP contribution in [-0.4, -0.2) is 28.5 Å². The monoisotopic (exact) mass is 380 g/mol. The topological polar surface area (TPSA) is 78.0 Å². The smallest absolute Gasteiger partial charge is 0.387 e. The van der Waals surface area contributed by atoms with Crippen molar-refractivity contribution in [1.82, 2.24) is 14.4 Å². The quantitative estimate of drug-likeness (QED) is 0.717. The van der Waals surface area contributed by atoms with Crippen LogP contribution in [0, 0.1) is 11.3 Å². The summed E-state index contributed by atoms with van der Waals surface area (Å²) < 4.78 is 42.3. The average molecular weight is 381 g/mol. The fraction of sp³-hybridized carbons (Fsp3) is 0.188.